The molecule has 24 heavy (non-hydrogen) atoms. The number of carboxylic acid groups (broad SMARTS) is 1. The van der Waals surface area contributed by atoms with Crippen molar-refractivity contribution >= 4 is 17.7 Å². The Morgan fingerprint density at radius 1 is 1.38 bits per heavy atom. The molecule has 1 aliphatic heterocycles. The summed E-state index contributed by atoms with van der Waals surface area (Å²) in [6.07, 6.45) is 1.85. The first-order valence-electron chi connectivity index (χ1n) is 8.04. The molecule has 0 unspecified atom stereocenters. The summed E-state index contributed by atoms with van der Waals surface area (Å²) < 4.78 is 11.3. The Bertz CT molecular complexity index is 584. The molecule has 132 valence electrons. The molecule has 2 amide bonds. The van der Waals surface area contributed by atoms with E-state index in [-0.39, 0.29) is 25.1 Å². The molecule has 0 atom stereocenters. The predicted octanol–water partition coefficient (Wildman–Crippen LogP) is 2.49. The molecule has 1 saturated heterocycles. The number of nitrogens with one attached hydrogen (secondary N) is 1. The van der Waals surface area contributed by atoms with Crippen LogP contribution in [0.15, 0.2) is 18.2 Å². The number of carbonyl (C=O) groups is 2. The number of hydrogen-bond donors (Lipinski definition) is 2. The second-order valence-electron chi connectivity index (χ2n) is 5.91. The van der Waals surface area contributed by atoms with E-state index in [0.29, 0.717) is 5.69 Å². The van der Waals surface area contributed by atoms with Crippen LogP contribution in [0.5, 0.6) is 5.75 Å². The number of carboxylic acids is 1. The third-order valence-electron chi connectivity index (χ3n) is 3.90. The van der Waals surface area contributed by atoms with E-state index in [1.54, 1.807) is 13.1 Å². The van der Waals surface area contributed by atoms with E-state index < -0.39 is 5.97 Å². The minimum absolute atomic E-state index is 0.0825. The molecule has 2 rings (SSSR count). The fraction of sp³-hybridized carbons (Fsp3) is 0.529. The Hall–Kier alpha value is -2.28. The average Bonchev–Trinajstić information content (AvgIpc) is 2.56. The maximum absolute atomic E-state index is 12.0. The van der Waals surface area contributed by atoms with Gasteiger partial charge in [0.05, 0.1) is 19.6 Å². The maximum Gasteiger partial charge on any atom is 0.321 e. The lowest BCUT2D eigenvalue weighted by molar-refractivity contribution is -0.137. The number of nitrogens with zero attached hydrogens (tertiary/aromatic N) is 1. The smallest absolute Gasteiger partial charge is 0.321 e. The van der Waals surface area contributed by atoms with Crippen molar-refractivity contribution in [1.29, 1.82) is 0 Å². The first-order chi connectivity index (χ1) is 11.5. The van der Waals surface area contributed by atoms with Crippen molar-refractivity contribution in [3.8, 4) is 5.75 Å². The van der Waals surface area contributed by atoms with Crippen LogP contribution in [0.3, 0.4) is 0 Å². The fourth-order valence-corrected chi connectivity index (χ4v) is 2.42. The number of aryl methyl sites for hydroxylation is 1. The molecule has 0 aromatic heterocycles. The molecule has 1 fully saturated rings. The van der Waals surface area contributed by atoms with Crippen molar-refractivity contribution < 1.29 is 24.2 Å². The Morgan fingerprint density at radius 3 is 2.71 bits per heavy atom. The Kier molecular flexibility index (Phi) is 6.43. The molecule has 7 nitrogen and oxygen atoms in total. The lowest BCUT2D eigenvalue weighted by atomic mass is 10.1. The highest BCUT2D eigenvalue weighted by atomic mass is 16.5. The monoisotopic (exact) mass is 336 g/mol. The number of hydrogen-bond acceptors (Lipinski definition) is 4. The molecule has 0 radical (unpaired) electrons. The summed E-state index contributed by atoms with van der Waals surface area (Å²) in [5, 5.41) is 11.4. The van der Waals surface area contributed by atoms with Gasteiger partial charge >= 0.3 is 12.0 Å². The minimum Gasteiger partial charge on any atom is -0.490 e. The maximum atomic E-state index is 12.0. The second-order valence-corrected chi connectivity index (χ2v) is 5.91. The third-order valence-corrected chi connectivity index (χ3v) is 3.90. The van der Waals surface area contributed by atoms with Crippen LogP contribution in [0.1, 0.15) is 24.8 Å². The molecule has 0 saturated carbocycles. The zero-order chi connectivity index (χ0) is 17.5. The van der Waals surface area contributed by atoms with Crippen molar-refractivity contribution in [3.63, 3.8) is 0 Å². The summed E-state index contributed by atoms with van der Waals surface area (Å²) in [7, 11) is 1.56. The van der Waals surface area contributed by atoms with Gasteiger partial charge in [0, 0.05) is 32.1 Å². The van der Waals surface area contributed by atoms with Gasteiger partial charge in [-0.15, -0.1) is 0 Å². The molecule has 1 aromatic carbocycles. The molecule has 0 aliphatic carbocycles. The number of carbonyl (C=O) groups excluding carboxylic acids is 1. The summed E-state index contributed by atoms with van der Waals surface area (Å²) in [6.45, 7) is 3.53. The van der Waals surface area contributed by atoms with Crippen LogP contribution in [0.25, 0.3) is 0 Å². The van der Waals surface area contributed by atoms with Crippen molar-refractivity contribution in [3.05, 3.63) is 23.8 Å². The molecule has 1 aliphatic rings. The van der Waals surface area contributed by atoms with Gasteiger partial charge in [-0.25, -0.2) is 4.79 Å². The molecule has 1 aromatic rings. The molecule has 7 heteroatoms. The van der Waals surface area contributed by atoms with Gasteiger partial charge in [-0.1, -0.05) is 0 Å². The SMILES string of the molecule is Cc1cc(NC(=O)N(C)CCC(=O)O)ccc1OC1CCOCC1. The van der Waals surface area contributed by atoms with E-state index in [2.05, 4.69) is 5.32 Å². The van der Waals surface area contributed by atoms with Crippen LogP contribution in [-0.2, 0) is 9.53 Å². The van der Waals surface area contributed by atoms with Gasteiger partial charge in [-0.3, -0.25) is 4.79 Å². The van der Waals surface area contributed by atoms with Crippen LogP contribution in [0.2, 0.25) is 0 Å². The molecule has 0 bridgehead atoms. The zero-order valence-electron chi connectivity index (χ0n) is 14.1. The van der Waals surface area contributed by atoms with Gasteiger partial charge in [0.25, 0.3) is 0 Å². The Morgan fingerprint density at radius 2 is 2.08 bits per heavy atom. The van der Waals surface area contributed by atoms with Gasteiger partial charge < -0.3 is 24.8 Å². The van der Waals surface area contributed by atoms with Crippen LogP contribution < -0.4 is 10.1 Å². The summed E-state index contributed by atoms with van der Waals surface area (Å²) in [5.74, 6) is -0.126. The van der Waals surface area contributed by atoms with E-state index in [4.69, 9.17) is 14.6 Å². The zero-order valence-corrected chi connectivity index (χ0v) is 14.1. The average molecular weight is 336 g/mol. The van der Waals surface area contributed by atoms with Crippen LogP contribution in [0.4, 0.5) is 10.5 Å². The highest BCUT2D eigenvalue weighted by Gasteiger charge is 2.16. The number of aliphatic carboxylic acids is 1. The third kappa shape index (κ3) is 5.42. The Labute approximate surface area is 141 Å². The molecule has 0 spiro atoms. The minimum atomic E-state index is -0.930. The van der Waals surface area contributed by atoms with Crippen LogP contribution in [-0.4, -0.2) is 54.9 Å². The Balaban J connectivity index is 1.91. The lowest BCUT2D eigenvalue weighted by Gasteiger charge is -2.24. The summed E-state index contributed by atoms with van der Waals surface area (Å²) in [4.78, 5) is 23.9. The van der Waals surface area contributed by atoms with E-state index in [1.165, 1.54) is 4.90 Å². The number of benzene rings is 1. The van der Waals surface area contributed by atoms with Gasteiger partial charge in [-0.2, -0.15) is 0 Å². The van der Waals surface area contributed by atoms with Crippen molar-refractivity contribution in [2.45, 2.75) is 32.3 Å². The quantitative estimate of drug-likeness (QED) is 0.833. The van der Waals surface area contributed by atoms with Crippen LogP contribution in [0, 0.1) is 6.92 Å². The van der Waals surface area contributed by atoms with Gasteiger partial charge in [0.1, 0.15) is 11.9 Å². The van der Waals surface area contributed by atoms with Gasteiger partial charge in [0.2, 0.25) is 0 Å². The van der Waals surface area contributed by atoms with Gasteiger partial charge in [0.15, 0.2) is 0 Å². The number of amides is 2. The first-order valence-corrected chi connectivity index (χ1v) is 8.04. The second kappa shape index (κ2) is 8.54. The number of anilines is 1. The van der Waals surface area contributed by atoms with E-state index in [9.17, 15) is 9.59 Å². The van der Waals surface area contributed by atoms with Crippen molar-refractivity contribution in [2.24, 2.45) is 0 Å². The highest BCUT2D eigenvalue weighted by molar-refractivity contribution is 5.89. The highest BCUT2D eigenvalue weighted by Crippen LogP contribution is 2.25. The van der Waals surface area contributed by atoms with E-state index in [1.807, 2.05) is 19.1 Å². The van der Waals surface area contributed by atoms with Crippen molar-refractivity contribution in [1.82, 2.24) is 4.90 Å². The molecular formula is C17H24N2O5. The molecule has 1 heterocycles. The van der Waals surface area contributed by atoms with Gasteiger partial charge in [-0.05, 0) is 30.7 Å². The molecule has 2 N–H and O–H groups in total. The summed E-state index contributed by atoms with van der Waals surface area (Å²) in [6, 6.07) is 5.13. The van der Waals surface area contributed by atoms with Crippen molar-refractivity contribution in [2.75, 3.05) is 32.1 Å². The molecular weight excluding hydrogens is 312 g/mol. The van der Waals surface area contributed by atoms with Crippen LogP contribution >= 0.6 is 0 Å². The standard InChI is InChI=1S/C17H24N2O5/c1-12-11-13(18-17(22)19(2)8-5-16(20)21)3-4-15(12)24-14-6-9-23-10-7-14/h3-4,11,14H,5-10H2,1-2H3,(H,18,22)(H,20,21). The summed E-state index contributed by atoms with van der Waals surface area (Å²) >= 11 is 0. The normalized spacial score (nSPS) is 14.9. The topological polar surface area (TPSA) is 88.1 Å². The largest absolute Gasteiger partial charge is 0.490 e. The predicted molar refractivity (Wildman–Crippen MR) is 89.5 cm³/mol. The first kappa shape index (κ1) is 18.1. The fourth-order valence-electron chi connectivity index (χ4n) is 2.42. The number of rotatable bonds is 6. The van der Waals surface area contributed by atoms with E-state index in [0.717, 1.165) is 37.4 Å². The lowest BCUT2D eigenvalue weighted by Crippen LogP contribution is -2.33. The van der Waals surface area contributed by atoms with E-state index >= 15 is 0 Å². The number of ether oxygens (including phenoxy) is 2. The number of urea groups is 1. The summed E-state index contributed by atoms with van der Waals surface area (Å²) in [5.41, 5.74) is 1.59.